The maximum Gasteiger partial charge on any atom is 0.313 e. The van der Waals surface area contributed by atoms with Crippen LogP contribution < -0.4 is 0 Å². The first-order valence-corrected chi connectivity index (χ1v) is 8.02. The molecule has 24 heavy (non-hydrogen) atoms. The zero-order chi connectivity index (χ0) is 17.7. The Hall–Kier alpha value is -2.50. The van der Waals surface area contributed by atoms with Crippen molar-refractivity contribution in [1.29, 1.82) is 0 Å². The quantitative estimate of drug-likeness (QED) is 0.454. The molecule has 0 N–H and O–H groups in total. The summed E-state index contributed by atoms with van der Waals surface area (Å²) in [6.07, 6.45) is 0.601. The van der Waals surface area contributed by atoms with E-state index in [0.717, 1.165) is 0 Å². The van der Waals surface area contributed by atoms with E-state index in [2.05, 4.69) is 0 Å². The molecule has 6 heteroatoms. The number of nitrogens with zero attached hydrogens (tertiary/aromatic N) is 1. The lowest BCUT2D eigenvalue weighted by molar-refractivity contribution is -0.481. The number of ether oxygens (including phenoxy) is 1. The average Bonchev–Trinajstić information content (AvgIpc) is 2.54. The third-order valence-electron chi connectivity index (χ3n) is 4.36. The third-order valence-corrected chi connectivity index (χ3v) is 4.36. The number of esters is 1. The molecule has 0 bridgehead atoms. The SMILES string of the molecule is CCOC(=O)[C@H]1CCC(=O)C([C@@H](C[N+](=O)[O-])c2ccccc2)=C1C. The average molecular weight is 331 g/mol. The predicted octanol–water partition coefficient (Wildman–Crippen LogP) is 2.91. The summed E-state index contributed by atoms with van der Waals surface area (Å²) in [5.74, 6) is -1.64. The summed E-state index contributed by atoms with van der Waals surface area (Å²) in [6, 6.07) is 8.94. The van der Waals surface area contributed by atoms with E-state index in [1.54, 1.807) is 38.1 Å². The first kappa shape index (κ1) is 17.8. The summed E-state index contributed by atoms with van der Waals surface area (Å²) in [5, 5.41) is 11.1. The second-order valence-electron chi connectivity index (χ2n) is 5.84. The molecule has 1 aliphatic carbocycles. The summed E-state index contributed by atoms with van der Waals surface area (Å²) < 4.78 is 5.08. The fraction of sp³-hybridized carbons (Fsp3) is 0.444. The van der Waals surface area contributed by atoms with Crippen LogP contribution >= 0.6 is 0 Å². The van der Waals surface area contributed by atoms with Crippen molar-refractivity contribution in [2.24, 2.45) is 5.92 Å². The summed E-state index contributed by atoms with van der Waals surface area (Å²) in [5.41, 5.74) is 1.70. The van der Waals surface area contributed by atoms with Crippen LogP contribution in [-0.2, 0) is 14.3 Å². The molecule has 2 rings (SSSR count). The number of hydrogen-bond acceptors (Lipinski definition) is 5. The highest BCUT2D eigenvalue weighted by Crippen LogP contribution is 2.37. The second-order valence-corrected chi connectivity index (χ2v) is 5.84. The van der Waals surface area contributed by atoms with E-state index >= 15 is 0 Å². The lowest BCUT2D eigenvalue weighted by atomic mass is 9.75. The molecular weight excluding hydrogens is 310 g/mol. The molecule has 0 aliphatic heterocycles. The molecule has 0 saturated carbocycles. The normalized spacial score (nSPS) is 19.1. The fourth-order valence-electron chi connectivity index (χ4n) is 3.24. The second kappa shape index (κ2) is 7.86. The smallest absolute Gasteiger partial charge is 0.313 e. The first-order valence-electron chi connectivity index (χ1n) is 8.02. The van der Waals surface area contributed by atoms with Crippen molar-refractivity contribution >= 4 is 11.8 Å². The van der Waals surface area contributed by atoms with Crippen LogP contribution in [0.3, 0.4) is 0 Å². The molecule has 2 atom stereocenters. The predicted molar refractivity (Wildman–Crippen MR) is 88.1 cm³/mol. The van der Waals surface area contributed by atoms with E-state index in [1.807, 2.05) is 6.07 Å². The van der Waals surface area contributed by atoms with Gasteiger partial charge in [-0.15, -0.1) is 0 Å². The van der Waals surface area contributed by atoms with Crippen LogP contribution in [0.1, 0.15) is 38.2 Å². The van der Waals surface area contributed by atoms with Gasteiger partial charge < -0.3 is 4.74 Å². The largest absolute Gasteiger partial charge is 0.466 e. The van der Waals surface area contributed by atoms with Gasteiger partial charge in [0.25, 0.3) is 0 Å². The molecule has 0 unspecified atom stereocenters. The minimum atomic E-state index is -0.647. The van der Waals surface area contributed by atoms with E-state index in [4.69, 9.17) is 4.74 Å². The van der Waals surface area contributed by atoms with Gasteiger partial charge in [-0.25, -0.2) is 0 Å². The Bertz CT molecular complexity index is 665. The fourth-order valence-corrected chi connectivity index (χ4v) is 3.24. The third kappa shape index (κ3) is 3.88. The highest BCUT2D eigenvalue weighted by Gasteiger charge is 2.37. The molecule has 0 amide bonds. The van der Waals surface area contributed by atoms with Crippen molar-refractivity contribution in [3.05, 3.63) is 57.2 Å². The molecule has 1 aromatic carbocycles. The number of carbonyl (C=O) groups excluding carboxylic acids is 2. The Balaban J connectivity index is 2.48. The number of hydrogen-bond donors (Lipinski definition) is 0. The maximum absolute atomic E-state index is 12.5. The van der Waals surface area contributed by atoms with Crippen LogP contribution in [-0.4, -0.2) is 29.8 Å². The van der Waals surface area contributed by atoms with Gasteiger partial charge in [-0.3, -0.25) is 19.7 Å². The van der Waals surface area contributed by atoms with Crippen molar-refractivity contribution in [2.45, 2.75) is 32.6 Å². The number of Topliss-reactive ketones (excluding diaryl/α,β-unsaturated/α-hetero) is 1. The number of nitro groups is 1. The van der Waals surface area contributed by atoms with Gasteiger partial charge in [-0.2, -0.15) is 0 Å². The van der Waals surface area contributed by atoms with Gasteiger partial charge in [0.2, 0.25) is 6.54 Å². The molecule has 0 aromatic heterocycles. The van der Waals surface area contributed by atoms with Crippen LogP contribution in [0.4, 0.5) is 0 Å². The lowest BCUT2D eigenvalue weighted by Gasteiger charge is -2.28. The van der Waals surface area contributed by atoms with Gasteiger partial charge in [0, 0.05) is 16.9 Å². The summed E-state index contributed by atoms with van der Waals surface area (Å²) in [7, 11) is 0. The van der Waals surface area contributed by atoms with Crippen LogP contribution in [0.15, 0.2) is 41.5 Å². The van der Waals surface area contributed by atoms with Gasteiger partial charge in [0.1, 0.15) is 0 Å². The zero-order valence-electron chi connectivity index (χ0n) is 13.9. The monoisotopic (exact) mass is 331 g/mol. The molecule has 6 nitrogen and oxygen atoms in total. The summed E-state index contributed by atoms with van der Waals surface area (Å²) >= 11 is 0. The molecule has 0 saturated heterocycles. The molecule has 0 fully saturated rings. The van der Waals surface area contributed by atoms with Gasteiger partial charge >= 0.3 is 5.97 Å². The Morgan fingerprint density at radius 1 is 1.38 bits per heavy atom. The van der Waals surface area contributed by atoms with Crippen LogP contribution in [0, 0.1) is 16.0 Å². The number of carbonyl (C=O) groups is 2. The molecule has 128 valence electrons. The standard InChI is InChI=1S/C18H21NO5/c1-3-24-18(21)14-9-10-16(20)17(12(14)2)15(11-19(22)23)13-7-5-4-6-8-13/h4-8,14-15H,3,9-11H2,1-2H3/t14-,15-/m0/s1. The van der Waals surface area contributed by atoms with E-state index in [0.29, 0.717) is 23.1 Å². The minimum absolute atomic E-state index is 0.122. The molecule has 0 spiro atoms. The van der Waals surface area contributed by atoms with Crippen LogP contribution in [0.2, 0.25) is 0 Å². The molecule has 0 heterocycles. The van der Waals surface area contributed by atoms with Gasteiger partial charge in [0.15, 0.2) is 5.78 Å². The molecule has 0 radical (unpaired) electrons. The molecule has 1 aliphatic rings. The van der Waals surface area contributed by atoms with E-state index in [9.17, 15) is 19.7 Å². The van der Waals surface area contributed by atoms with Crippen molar-refractivity contribution < 1.29 is 19.2 Å². The number of benzene rings is 1. The Kier molecular flexibility index (Phi) is 5.84. The lowest BCUT2D eigenvalue weighted by Crippen LogP contribution is -2.30. The zero-order valence-corrected chi connectivity index (χ0v) is 13.9. The number of rotatable bonds is 6. The van der Waals surface area contributed by atoms with Crippen molar-refractivity contribution in [3.8, 4) is 0 Å². The van der Waals surface area contributed by atoms with E-state index in [1.165, 1.54) is 0 Å². The van der Waals surface area contributed by atoms with Gasteiger partial charge in [0.05, 0.1) is 18.4 Å². The first-order chi connectivity index (χ1) is 11.5. The van der Waals surface area contributed by atoms with Crippen molar-refractivity contribution in [3.63, 3.8) is 0 Å². The van der Waals surface area contributed by atoms with E-state index < -0.39 is 16.8 Å². The molecule has 1 aromatic rings. The Morgan fingerprint density at radius 2 is 2.04 bits per heavy atom. The van der Waals surface area contributed by atoms with E-state index in [-0.39, 0.29) is 31.3 Å². The van der Waals surface area contributed by atoms with Crippen molar-refractivity contribution in [1.82, 2.24) is 0 Å². The maximum atomic E-state index is 12.5. The van der Waals surface area contributed by atoms with Crippen molar-refractivity contribution in [2.75, 3.05) is 13.2 Å². The minimum Gasteiger partial charge on any atom is -0.466 e. The Morgan fingerprint density at radius 3 is 2.62 bits per heavy atom. The van der Waals surface area contributed by atoms with Gasteiger partial charge in [-0.05, 0) is 25.8 Å². The topological polar surface area (TPSA) is 86.5 Å². The number of ketones is 1. The van der Waals surface area contributed by atoms with Crippen LogP contribution in [0.5, 0.6) is 0 Å². The summed E-state index contributed by atoms with van der Waals surface area (Å²) in [6.45, 7) is 3.33. The van der Waals surface area contributed by atoms with Crippen LogP contribution in [0.25, 0.3) is 0 Å². The highest BCUT2D eigenvalue weighted by molar-refractivity contribution is 6.00. The Labute approximate surface area is 140 Å². The highest BCUT2D eigenvalue weighted by atomic mass is 16.6. The molecular formula is C18H21NO5. The van der Waals surface area contributed by atoms with Gasteiger partial charge in [-0.1, -0.05) is 35.9 Å². The summed E-state index contributed by atoms with van der Waals surface area (Å²) in [4.78, 5) is 35.4.